The highest BCUT2D eigenvalue weighted by Crippen LogP contribution is 2.25. The molecule has 3 aromatic rings. The van der Waals surface area contributed by atoms with Crippen LogP contribution in [-0.4, -0.2) is 24.9 Å². The van der Waals surface area contributed by atoms with E-state index in [2.05, 4.69) is 15.2 Å². The number of carbonyl (C=O) groups is 1. The minimum Gasteiger partial charge on any atom is -0.378 e. The van der Waals surface area contributed by atoms with Gasteiger partial charge in [-0.05, 0) is 48.5 Å². The fourth-order valence-electron chi connectivity index (χ4n) is 2.30. The van der Waals surface area contributed by atoms with Crippen LogP contribution in [0.4, 0.5) is 17.1 Å². The van der Waals surface area contributed by atoms with Gasteiger partial charge in [0, 0.05) is 37.6 Å². The van der Waals surface area contributed by atoms with Crippen molar-refractivity contribution in [1.29, 1.82) is 0 Å². The number of nitrogens with one attached hydrogen (secondary N) is 1. The molecule has 0 unspecified atom stereocenters. The van der Waals surface area contributed by atoms with E-state index in [0.29, 0.717) is 5.69 Å². The van der Waals surface area contributed by atoms with Gasteiger partial charge in [-0.15, -0.1) is 0 Å². The molecule has 1 N–H and O–H groups in total. The summed E-state index contributed by atoms with van der Waals surface area (Å²) in [6.07, 6.45) is 0. The second-order valence-electron chi connectivity index (χ2n) is 5.62. The molecule has 116 valence electrons. The van der Waals surface area contributed by atoms with Gasteiger partial charge in [0.1, 0.15) is 0 Å². The maximum absolute atomic E-state index is 11.4. The highest BCUT2D eigenvalue weighted by molar-refractivity contribution is 5.98. The van der Waals surface area contributed by atoms with Crippen LogP contribution >= 0.6 is 0 Å². The van der Waals surface area contributed by atoms with Gasteiger partial charge in [0.15, 0.2) is 5.78 Å². The molecule has 0 saturated heterocycles. The van der Waals surface area contributed by atoms with Crippen molar-refractivity contribution < 1.29 is 4.79 Å². The lowest BCUT2D eigenvalue weighted by Gasteiger charge is -2.11. The standard InChI is InChI=1S/C18H18N4O/c1-12(23)18-11-13-10-15(6-9-17(13)19-18)21-20-14-4-7-16(8-5-14)22(2)3/h4-11,19H,1-3H3. The van der Waals surface area contributed by atoms with Gasteiger partial charge in [0.25, 0.3) is 0 Å². The largest absolute Gasteiger partial charge is 0.378 e. The van der Waals surface area contributed by atoms with Crippen molar-refractivity contribution in [2.45, 2.75) is 6.92 Å². The Morgan fingerprint density at radius 2 is 1.61 bits per heavy atom. The third-order valence-corrected chi connectivity index (χ3v) is 3.63. The number of rotatable bonds is 4. The summed E-state index contributed by atoms with van der Waals surface area (Å²) in [5.41, 5.74) is 4.20. The second-order valence-corrected chi connectivity index (χ2v) is 5.62. The van der Waals surface area contributed by atoms with Gasteiger partial charge >= 0.3 is 0 Å². The van der Waals surface area contributed by atoms with Gasteiger partial charge in [0.05, 0.1) is 17.1 Å². The molecule has 1 aromatic heterocycles. The van der Waals surface area contributed by atoms with Crippen LogP contribution in [0.25, 0.3) is 10.9 Å². The molecule has 0 aliphatic heterocycles. The Labute approximate surface area is 134 Å². The number of benzene rings is 2. The zero-order chi connectivity index (χ0) is 16.4. The minimum atomic E-state index is 0.0189. The molecule has 0 aliphatic carbocycles. The average Bonchev–Trinajstić information content (AvgIpc) is 2.97. The number of aromatic nitrogens is 1. The molecule has 0 radical (unpaired) electrons. The predicted octanol–water partition coefficient (Wildman–Crippen LogP) is 4.85. The highest BCUT2D eigenvalue weighted by atomic mass is 16.1. The maximum Gasteiger partial charge on any atom is 0.175 e. The molecule has 5 nitrogen and oxygen atoms in total. The number of hydrogen-bond donors (Lipinski definition) is 1. The number of carbonyl (C=O) groups excluding carboxylic acids is 1. The molecule has 0 aliphatic rings. The monoisotopic (exact) mass is 306 g/mol. The Morgan fingerprint density at radius 3 is 2.26 bits per heavy atom. The van der Waals surface area contributed by atoms with Crippen LogP contribution in [0.1, 0.15) is 17.4 Å². The molecular formula is C18H18N4O. The number of azo groups is 1. The Balaban J connectivity index is 1.84. The van der Waals surface area contributed by atoms with Crippen LogP contribution in [-0.2, 0) is 0 Å². The maximum atomic E-state index is 11.4. The third-order valence-electron chi connectivity index (χ3n) is 3.63. The van der Waals surface area contributed by atoms with Gasteiger partial charge in [-0.1, -0.05) is 0 Å². The van der Waals surface area contributed by atoms with E-state index in [1.54, 1.807) is 6.92 Å². The zero-order valence-electron chi connectivity index (χ0n) is 13.4. The lowest BCUT2D eigenvalue weighted by Crippen LogP contribution is -2.07. The quantitative estimate of drug-likeness (QED) is 0.553. The van der Waals surface area contributed by atoms with Crippen molar-refractivity contribution in [3.8, 4) is 0 Å². The molecule has 0 fully saturated rings. The number of ketones is 1. The molecule has 5 heteroatoms. The molecule has 0 spiro atoms. The van der Waals surface area contributed by atoms with Gasteiger partial charge < -0.3 is 9.88 Å². The first-order valence-electron chi connectivity index (χ1n) is 7.36. The first-order valence-corrected chi connectivity index (χ1v) is 7.36. The molecule has 0 atom stereocenters. The topological polar surface area (TPSA) is 60.8 Å². The summed E-state index contributed by atoms with van der Waals surface area (Å²) >= 11 is 0. The summed E-state index contributed by atoms with van der Waals surface area (Å²) in [6, 6.07) is 15.4. The van der Waals surface area contributed by atoms with E-state index in [1.165, 1.54) is 0 Å². The average molecular weight is 306 g/mol. The molecular weight excluding hydrogens is 288 g/mol. The third kappa shape index (κ3) is 3.29. The molecule has 0 saturated carbocycles. The highest BCUT2D eigenvalue weighted by Gasteiger charge is 2.05. The number of nitrogens with zero attached hydrogens (tertiary/aromatic N) is 3. The Kier molecular flexibility index (Phi) is 3.93. The summed E-state index contributed by atoms with van der Waals surface area (Å²) in [5.74, 6) is 0.0189. The van der Waals surface area contributed by atoms with Gasteiger partial charge in [-0.25, -0.2) is 0 Å². The molecule has 2 aromatic carbocycles. The van der Waals surface area contributed by atoms with Crippen LogP contribution in [0, 0.1) is 0 Å². The van der Waals surface area contributed by atoms with Crippen molar-refractivity contribution in [3.63, 3.8) is 0 Å². The Hall–Kier alpha value is -2.95. The summed E-state index contributed by atoms with van der Waals surface area (Å²) in [7, 11) is 4.00. The Bertz CT molecular complexity index is 876. The number of aromatic amines is 1. The smallest absolute Gasteiger partial charge is 0.175 e. The molecule has 23 heavy (non-hydrogen) atoms. The summed E-state index contributed by atoms with van der Waals surface area (Å²) in [4.78, 5) is 16.5. The van der Waals surface area contributed by atoms with Gasteiger partial charge in [-0.3, -0.25) is 4.79 Å². The van der Waals surface area contributed by atoms with Gasteiger partial charge in [-0.2, -0.15) is 10.2 Å². The van der Waals surface area contributed by atoms with E-state index < -0.39 is 0 Å². The van der Waals surface area contributed by atoms with Crippen molar-refractivity contribution in [2.24, 2.45) is 10.2 Å². The van der Waals surface area contributed by atoms with Crippen LogP contribution in [0.15, 0.2) is 58.8 Å². The number of Topliss-reactive ketones (excluding diaryl/α,β-unsaturated/α-hetero) is 1. The summed E-state index contributed by atoms with van der Waals surface area (Å²) < 4.78 is 0. The van der Waals surface area contributed by atoms with E-state index in [4.69, 9.17) is 0 Å². The molecule has 1 heterocycles. The second kappa shape index (κ2) is 6.04. The fourth-order valence-corrected chi connectivity index (χ4v) is 2.30. The van der Waals surface area contributed by atoms with Gasteiger partial charge in [0.2, 0.25) is 0 Å². The fraction of sp³-hybridized carbons (Fsp3) is 0.167. The van der Waals surface area contributed by atoms with Crippen molar-refractivity contribution in [1.82, 2.24) is 4.98 Å². The van der Waals surface area contributed by atoms with E-state index in [1.807, 2.05) is 67.5 Å². The predicted molar refractivity (Wildman–Crippen MR) is 93.2 cm³/mol. The van der Waals surface area contributed by atoms with E-state index in [-0.39, 0.29) is 5.78 Å². The Morgan fingerprint density at radius 1 is 0.957 bits per heavy atom. The molecule has 3 rings (SSSR count). The number of hydrogen-bond acceptors (Lipinski definition) is 4. The van der Waals surface area contributed by atoms with E-state index >= 15 is 0 Å². The first-order chi connectivity index (χ1) is 11.0. The molecule has 0 bridgehead atoms. The van der Waals surface area contributed by atoms with E-state index in [9.17, 15) is 4.79 Å². The van der Waals surface area contributed by atoms with Crippen molar-refractivity contribution in [2.75, 3.05) is 19.0 Å². The SMILES string of the molecule is CC(=O)c1cc2cc(N=Nc3ccc(N(C)C)cc3)ccc2[nH]1. The lowest BCUT2D eigenvalue weighted by molar-refractivity contribution is 0.101. The van der Waals surface area contributed by atoms with Crippen LogP contribution in [0.5, 0.6) is 0 Å². The summed E-state index contributed by atoms with van der Waals surface area (Å²) in [5, 5.41) is 9.48. The van der Waals surface area contributed by atoms with Crippen LogP contribution < -0.4 is 4.90 Å². The minimum absolute atomic E-state index is 0.0189. The van der Waals surface area contributed by atoms with E-state index in [0.717, 1.165) is 28.0 Å². The number of fused-ring (bicyclic) bond motifs is 1. The van der Waals surface area contributed by atoms with Crippen molar-refractivity contribution >= 4 is 33.7 Å². The normalized spacial score (nSPS) is 11.3. The summed E-state index contributed by atoms with van der Waals surface area (Å²) in [6.45, 7) is 1.54. The number of H-pyrrole nitrogens is 1. The van der Waals surface area contributed by atoms with Crippen LogP contribution in [0.3, 0.4) is 0 Å². The van der Waals surface area contributed by atoms with Crippen LogP contribution in [0.2, 0.25) is 0 Å². The first kappa shape index (κ1) is 15.0. The zero-order valence-corrected chi connectivity index (χ0v) is 13.4. The number of anilines is 1. The van der Waals surface area contributed by atoms with Crippen molar-refractivity contribution in [3.05, 3.63) is 54.2 Å². The molecule has 0 amide bonds. The lowest BCUT2D eigenvalue weighted by atomic mass is 10.2.